The van der Waals surface area contributed by atoms with Crippen molar-refractivity contribution in [1.82, 2.24) is 4.90 Å². The van der Waals surface area contributed by atoms with E-state index < -0.39 is 23.7 Å². The van der Waals surface area contributed by atoms with Crippen LogP contribution in [-0.2, 0) is 27.3 Å². The third-order valence-corrected chi connectivity index (χ3v) is 5.25. The Kier molecular flexibility index (Phi) is 5.82. The van der Waals surface area contributed by atoms with Gasteiger partial charge in [0.25, 0.3) is 0 Å². The molecule has 0 N–H and O–H groups in total. The van der Waals surface area contributed by atoms with Crippen LogP contribution in [0.4, 0.5) is 4.79 Å². The molecule has 3 aromatic rings. The summed E-state index contributed by atoms with van der Waals surface area (Å²) < 4.78 is 22.2. The molecule has 0 unspecified atom stereocenters. The molecule has 0 fully saturated rings. The van der Waals surface area contributed by atoms with Crippen molar-refractivity contribution < 1.29 is 28.2 Å². The number of furan rings is 1. The van der Waals surface area contributed by atoms with Crippen LogP contribution in [0.2, 0.25) is 0 Å². The molecular formula is C25H27NO6. The Morgan fingerprint density at radius 2 is 1.91 bits per heavy atom. The summed E-state index contributed by atoms with van der Waals surface area (Å²) in [6.07, 6.45) is 0.0351. The number of nitrogens with zero attached hydrogens (tertiary/aromatic N) is 1. The molecule has 7 heteroatoms. The van der Waals surface area contributed by atoms with Gasteiger partial charge in [-0.3, -0.25) is 4.90 Å². The highest BCUT2D eigenvalue weighted by Gasteiger charge is 2.39. The Bertz CT molecular complexity index is 1110. The smallest absolute Gasteiger partial charge is 0.411 e. The molecule has 0 saturated carbocycles. The fourth-order valence-electron chi connectivity index (χ4n) is 3.84. The highest BCUT2D eigenvalue weighted by Crippen LogP contribution is 2.34. The van der Waals surface area contributed by atoms with Crippen LogP contribution in [-0.4, -0.2) is 36.2 Å². The summed E-state index contributed by atoms with van der Waals surface area (Å²) in [4.78, 5) is 26.7. The van der Waals surface area contributed by atoms with Gasteiger partial charge in [-0.15, -0.1) is 0 Å². The van der Waals surface area contributed by atoms with Crippen LogP contribution in [0.3, 0.4) is 0 Å². The Hall–Kier alpha value is -3.48. The maximum atomic E-state index is 12.7. The number of fused-ring (bicyclic) bond motifs is 2. The second-order valence-corrected chi connectivity index (χ2v) is 8.75. The minimum Gasteiger partial charge on any atom is -0.486 e. The highest BCUT2D eigenvalue weighted by molar-refractivity contribution is 5.84. The first kappa shape index (κ1) is 21.7. The summed E-state index contributed by atoms with van der Waals surface area (Å²) in [6, 6.07) is 14.4. The lowest BCUT2D eigenvalue weighted by Crippen LogP contribution is -2.46. The van der Waals surface area contributed by atoms with Gasteiger partial charge in [-0.05, 0) is 62.6 Å². The molecule has 0 saturated heterocycles. The van der Waals surface area contributed by atoms with Gasteiger partial charge in [-0.2, -0.15) is 0 Å². The largest absolute Gasteiger partial charge is 0.486 e. The van der Waals surface area contributed by atoms with Gasteiger partial charge in [0.2, 0.25) is 0 Å². The maximum absolute atomic E-state index is 12.7. The Labute approximate surface area is 186 Å². The SMILES string of the molecule is COC(=O)[C@H]1c2ccc(OCc3cc4ccccc4o3)cc2CCN1C(=O)OC(C)(C)C. The number of carbonyl (C=O) groups is 2. The predicted octanol–water partition coefficient (Wildman–Crippen LogP) is 5.02. The monoisotopic (exact) mass is 437 g/mol. The van der Waals surface area contributed by atoms with Crippen molar-refractivity contribution in [2.24, 2.45) is 0 Å². The summed E-state index contributed by atoms with van der Waals surface area (Å²) in [5, 5.41) is 1.03. The molecule has 1 aliphatic heterocycles. The molecule has 0 radical (unpaired) electrons. The summed E-state index contributed by atoms with van der Waals surface area (Å²) in [5.74, 6) is 0.888. The minimum absolute atomic E-state index is 0.290. The first-order valence-corrected chi connectivity index (χ1v) is 10.6. The fraction of sp³-hybridized carbons (Fsp3) is 0.360. The van der Waals surface area contributed by atoms with Crippen molar-refractivity contribution in [2.75, 3.05) is 13.7 Å². The summed E-state index contributed by atoms with van der Waals surface area (Å²) >= 11 is 0. The van der Waals surface area contributed by atoms with Crippen LogP contribution in [0.1, 0.15) is 43.7 Å². The number of ether oxygens (including phenoxy) is 3. The lowest BCUT2D eigenvalue weighted by Gasteiger charge is -2.36. The van der Waals surface area contributed by atoms with Crippen LogP contribution >= 0.6 is 0 Å². The van der Waals surface area contributed by atoms with Crippen molar-refractivity contribution >= 4 is 23.0 Å². The molecule has 0 aliphatic carbocycles. The number of para-hydroxylation sites is 1. The zero-order valence-electron chi connectivity index (χ0n) is 18.7. The zero-order valence-corrected chi connectivity index (χ0v) is 18.7. The van der Waals surface area contributed by atoms with Gasteiger partial charge < -0.3 is 18.6 Å². The van der Waals surface area contributed by atoms with E-state index in [0.29, 0.717) is 24.3 Å². The molecule has 4 rings (SSSR count). The summed E-state index contributed by atoms with van der Waals surface area (Å²) in [7, 11) is 1.31. The van der Waals surface area contributed by atoms with Gasteiger partial charge in [0.1, 0.15) is 29.3 Å². The maximum Gasteiger partial charge on any atom is 0.411 e. The number of carbonyl (C=O) groups excluding carboxylic acids is 2. The van der Waals surface area contributed by atoms with Gasteiger partial charge in [0.15, 0.2) is 6.04 Å². The van der Waals surface area contributed by atoms with Gasteiger partial charge in [0.05, 0.1) is 7.11 Å². The normalized spacial score (nSPS) is 15.9. The Balaban J connectivity index is 1.53. The van der Waals surface area contributed by atoms with E-state index in [1.54, 1.807) is 32.9 Å². The van der Waals surface area contributed by atoms with E-state index in [0.717, 1.165) is 22.3 Å². The molecular weight excluding hydrogens is 410 g/mol. The minimum atomic E-state index is -0.858. The number of esters is 1. The van der Waals surface area contributed by atoms with E-state index >= 15 is 0 Å². The first-order chi connectivity index (χ1) is 15.2. The Morgan fingerprint density at radius 3 is 2.62 bits per heavy atom. The molecule has 7 nitrogen and oxygen atoms in total. The molecule has 1 aliphatic rings. The fourth-order valence-corrected chi connectivity index (χ4v) is 3.84. The lowest BCUT2D eigenvalue weighted by atomic mass is 9.92. The van der Waals surface area contributed by atoms with Crippen molar-refractivity contribution in [3.05, 3.63) is 65.4 Å². The molecule has 32 heavy (non-hydrogen) atoms. The molecule has 0 spiro atoms. The number of hydrogen-bond acceptors (Lipinski definition) is 6. The topological polar surface area (TPSA) is 78.2 Å². The number of hydrogen-bond donors (Lipinski definition) is 0. The standard InChI is InChI=1S/C25H27NO6/c1-25(2,3)32-24(28)26-12-11-16-13-18(9-10-20(16)22(26)23(27)29-4)30-15-19-14-17-7-5-6-8-21(17)31-19/h5-10,13-14,22H,11-12,15H2,1-4H3/t22-/m1/s1. The molecule has 2 heterocycles. The quantitative estimate of drug-likeness (QED) is 0.534. The van der Waals surface area contributed by atoms with E-state index in [-0.39, 0.29) is 6.61 Å². The number of amides is 1. The van der Waals surface area contributed by atoms with Crippen LogP contribution < -0.4 is 4.74 Å². The molecule has 1 aromatic heterocycles. The van der Waals surface area contributed by atoms with Crippen molar-refractivity contribution in [1.29, 1.82) is 0 Å². The van der Waals surface area contributed by atoms with Gasteiger partial charge >= 0.3 is 12.1 Å². The second kappa shape index (κ2) is 8.57. The molecule has 168 valence electrons. The van der Waals surface area contributed by atoms with Gasteiger partial charge in [-0.1, -0.05) is 24.3 Å². The summed E-state index contributed by atoms with van der Waals surface area (Å²) in [6.45, 7) is 6.01. The third kappa shape index (κ3) is 4.56. The Morgan fingerprint density at radius 1 is 1.12 bits per heavy atom. The van der Waals surface area contributed by atoms with Gasteiger partial charge in [-0.25, -0.2) is 9.59 Å². The first-order valence-electron chi connectivity index (χ1n) is 10.6. The highest BCUT2D eigenvalue weighted by atomic mass is 16.6. The van der Waals surface area contributed by atoms with E-state index in [9.17, 15) is 9.59 Å². The second-order valence-electron chi connectivity index (χ2n) is 8.75. The van der Waals surface area contributed by atoms with E-state index in [1.807, 2.05) is 36.4 Å². The van der Waals surface area contributed by atoms with Crippen LogP contribution in [0.5, 0.6) is 5.75 Å². The van der Waals surface area contributed by atoms with Gasteiger partial charge in [0, 0.05) is 11.9 Å². The molecule has 1 atom stereocenters. The summed E-state index contributed by atoms with van der Waals surface area (Å²) in [5.41, 5.74) is 1.80. The van der Waals surface area contributed by atoms with Crippen LogP contribution in [0, 0.1) is 0 Å². The zero-order chi connectivity index (χ0) is 22.9. The van der Waals surface area contributed by atoms with Crippen LogP contribution in [0.25, 0.3) is 11.0 Å². The third-order valence-electron chi connectivity index (χ3n) is 5.25. The number of rotatable bonds is 4. The lowest BCUT2D eigenvalue weighted by molar-refractivity contribution is -0.147. The number of benzene rings is 2. The van der Waals surface area contributed by atoms with E-state index in [4.69, 9.17) is 18.6 Å². The number of methoxy groups -OCH3 is 1. The van der Waals surface area contributed by atoms with Crippen molar-refractivity contribution in [3.63, 3.8) is 0 Å². The molecule has 0 bridgehead atoms. The average molecular weight is 437 g/mol. The predicted molar refractivity (Wildman–Crippen MR) is 118 cm³/mol. The van der Waals surface area contributed by atoms with E-state index in [1.165, 1.54) is 12.0 Å². The molecule has 2 aromatic carbocycles. The average Bonchev–Trinajstić information content (AvgIpc) is 3.18. The van der Waals surface area contributed by atoms with Crippen LogP contribution in [0.15, 0.2) is 52.9 Å². The van der Waals surface area contributed by atoms with Crippen molar-refractivity contribution in [3.8, 4) is 5.75 Å². The van der Waals surface area contributed by atoms with Crippen molar-refractivity contribution in [2.45, 2.75) is 45.4 Å². The molecule has 1 amide bonds. The van der Waals surface area contributed by atoms with E-state index in [2.05, 4.69) is 0 Å².